The maximum absolute atomic E-state index is 12.0. The fraction of sp³-hybridized carbons (Fsp3) is 0.429. The molecule has 1 aromatic rings. The Morgan fingerprint density at radius 3 is 2.65 bits per heavy atom. The van der Waals surface area contributed by atoms with Crippen LogP contribution in [0.3, 0.4) is 0 Å². The van der Waals surface area contributed by atoms with Gasteiger partial charge >= 0.3 is 0 Å². The van der Waals surface area contributed by atoms with Crippen LogP contribution in [0.1, 0.15) is 17.9 Å². The normalized spacial score (nSPS) is 21.9. The number of amides is 1. The molecule has 6 heteroatoms. The second-order valence-electron chi connectivity index (χ2n) is 4.99. The van der Waals surface area contributed by atoms with E-state index in [0.717, 1.165) is 0 Å². The quantitative estimate of drug-likeness (QED) is 0.891. The van der Waals surface area contributed by atoms with Gasteiger partial charge < -0.3 is 5.32 Å². The number of carbonyl (C=O) groups is 1. The molecular weight excluding hydrogens is 276 g/mol. The SMILES string of the molecule is N#CC(C(=O)NCC1CCS(=O)(=O)C1)c1ccccc1. The van der Waals surface area contributed by atoms with E-state index in [1.165, 1.54) is 0 Å². The molecule has 0 radical (unpaired) electrons. The van der Waals surface area contributed by atoms with Gasteiger partial charge in [-0.2, -0.15) is 5.26 Å². The van der Waals surface area contributed by atoms with E-state index in [9.17, 15) is 13.2 Å². The lowest BCUT2D eigenvalue weighted by Gasteiger charge is -2.13. The monoisotopic (exact) mass is 292 g/mol. The summed E-state index contributed by atoms with van der Waals surface area (Å²) >= 11 is 0. The Bertz CT molecular complexity index is 620. The van der Waals surface area contributed by atoms with Gasteiger partial charge in [-0.05, 0) is 17.9 Å². The summed E-state index contributed by atoms with van der Waals surface area (Å²) in [6.07, 6.45) is 0.575. The van der Waals surface area contributed by atoms with Crippen molar-refractivity contribution in [1.29, 1.82) is 5.26 Å². The molecule has 106 valence electrons. The molecule has 1 aromatic carbocycles. The average Bonchev–Trinajstić information content (AvgIpc) is 2.78. The van der Waals surface area contributed by atoms with Crippen LogP contribution < -0.4 is 5.32 Å². The highest BCUT2D eigenvalue weighted by Gasteiger charge is 2.29. The largest absolute Gasteiger partial charge is 0.354 e. The molecule has 1 aliphatic heterocycles. The molecule has 1 heterocycles. The smallest absolute Gasteiger partial charge is 0.241 e. The zero-order valence-corrected chi connectivity index (χ0v) is 11.8. The zero-order chi connectivity index (χ0) is 14.6. The van der Waals surface area contributed by atoms with Crippen LogP contribution in [0.2, 0.25) is 0 Å². The summed E-state index contributed by atoms with van der Waals surface area (Å²) in [5.74, 6) is -0.958. The number of hydrogen-bond acceptors (Lipinski definition) is 4. The van der Waals surface area contributed by atoms with Crippen LogP contribution in [-0.2, 0) is 14.6 Å². The minimum Gasteiger partial charge on any atom is -0.354 e. The number of hydrogen-bond donors (Lipinski definition) is 1. The van der Waals surface area contributed by atoms with Crippen molar-refractivity contribution in [3.63, 3.8) is 0 Å². The molecule has 0 saturated carbocycles. The lowest BCUT2D eigenvalue weighted by molar-refractivity contribution is -0.121. The molecule has 0 spiro atoms. The van der Waals surface area contributed by atoms with Crippen molar-refractivity contribution in [3.8, 4) is 6.07 Å². The molecule has 0 bridgehead atoms. The van der Waals surface area contributed by atoms with Crippen molar-refractivity contribution in [2.45, 2.75) is 12.3 Å². The number of rotatable bonds is 4. The minimum absolute atomic E-state index is 0.0425. The highest BCUT2D eigenvalue weighted by atomic mass is 32.2. The summed E-state index contributed by atoms with van der Waals surface area (Å²) in [4.78, 5) is 12.0. The van der Waals surface area contributed by atoms with E-state index < -0.39 is 15.8 Å². The summed E-state index contributed by atoms with van der Waals surface area (Å²) < 4.78 is 22.7. The Balaban J connectivity index is 1.93. The minimum atomic E-state index is -2.94. The van der Waals surface area contributed by atoms with E-state index in [-0.39, 0.29) is 23.3 Å². The molecule has 2 atom stereocenters. The van der Waals surface area contributed by atoms with Crippen LogP contribution in [0.25, 0.3) is 0 Å². The van der Waals surface area contributed by atoms with Crippen LogP contribution in [0, 0.1) is 17.2 Å². The molecule has 1 amide bonds. The molecule has 1 saturated heterocycles. The number of nitriles is 1. The van der Waals surface area contributed by atoms with Gasteiger partial charge in [-0.1, -0.05) is 30.3 Å². The van der Waals surface area contributed by atoms with Crippen molar-refractivity contribution in [1.82, 2.24) is 5.32 Å². The van der Waals surface area contributed by atoms with E-state index in [4.69, 9.17) is 5.26 Å². The molecular formula is C14H16N2O3S. The second-order valence-corrected chi connectivity index (χ2v) is 7.22. The number of benzene rings is 1. The van der Waals surface area contributed by atoms with E-state index >= 15 is 0 Å². The van der Waals surface area contributed by atoms with Gasteiger partial charge in [-0.15, -0.1) is 0 Å². The Labute approximate surface area is 118 Å². The van der Waals surface area contributed by atoms with E-state index in [1.807, 2.05) is 12.1 Å². The lowest BCUT2D eigenvalue weighted by Crippen LogP contribution is -2.33. The fourth-order valence-corrected chi connectivity index (χ4v) is 4.17. The molecule has 5 nitrogen and oxygen atoms in total. The second kappa shape index (κ2) is 6.06. The average molecular weight is 292 g/mol. The summed E-state index contributed by atoms with van der Waals surface area (Å²) in [6.45, 7) is 0.309. The molecule has 20 heavy (non-hydrogen) atoms. The van der Waals surface area contributed by atoms with Crippen molar-refractivity contribution in [2.24, 2.45) is 5.92 Å². The van der Waals surface area contributed by atoms with Gasteiger partial charge in [0.05, 0.1) is 17.6 Å². The number of nitrogens with one attached hydrogen (secondary N) is 1. The number of sulfone groups is 1. The van der Waals surface area contributed by atoms with Gasteiger partial charge in [0, 0.05) is 6.54 Å². The van der Waals surface area contributed by atoms with E-state index in [1.54, 1.807) is 24.3 Å². The molecule has 2 rings (SSSR count). The highest BCUT2D eigenvalue weighted by Crippen LogP contribution is 2.18. The van der Waals surface area contributed by atoms with Gasteiger partial charge in [0.1, 0.15) is 5.92 Å². The first-order chi connectivity index (χ1) is 9.52. The molecule has 0 aromatic heterocycles. The highest BCUT2D eigenvalue weighted by molar-refractivity contribution is 7.91. The zero-order valence-electron chi connectivity index (χ0n) is 11.0. The summed E-state index contributed by atoms with van der Waals surface area (Å²) in [6, 6.07) is 10.8. The van der Waals surface area contributed by atoms with Crippen LogP contribution in [0.4, 0.5) is 0 Å². The molecule has 1 aliphatic rings. The molecule has 2 unspecified atom stereocenters. The lowest BCUT2D eigenvalue weighted by atomic mass is 9.99. The summed E-state index contributed by atoms with van der Waals surface area (Å²) in [5, 5.41) is 11.8. The van der Waals surface area contributed by atoms with Gasteiger partial charge in [0.2, 0.25) is 5.91 Å². The third-order valence-electron chi connectivity index (χ3n) is 3.42. The summed E-state index contributed by atoms with van der Waals surface area (Å²) in [5.41, 5.74) is 0.645. The maximum Gasteiger partial charge on any atom is 0.241 e. The van der Waals surface area contributed by atoms with Gasteiger partial charge in [-0.25, -0.2) is 8.42 Å². The first-order valence-electron chi connectivity index (χ1n) is 6.44. The topological polar surface area (TPSA) is 87.0 Å². The van der Waals surface area contributed by atoms with Crippen molar-refractivity contribution < 1.29 is 13.2 Å². The first kappa shape index (κ1) is 14.5. The van der Waals surface area contributed by atoms with E-state index in [0.29, 0.717) is 18.5 Å². The van der Waals surface area contributed by atoms with Crippen LogP contribution >= 0.6 is 0 Å². The summed E-state index contributed by atoms with van der Waals surface area (Å²) in [7, 11) is -2.94. The van der Waals surface area contributed by atoms with Crippen LogP contribution in [0.5, 0.6) is 0 Å². The van der Waals surface area contributed by atoms with Gasteiger partial charge in [0.15, 0.2) is 9.84 Å². The predicted octanol–water partition coefficient (Wildman–Crippen LogP) is 0.845. The Morgan fingerprint density at radius 1 is 1.40 bits per heavy atom. The van der Waals surface area contributed by atoms with Crippen LogP contribution in [0.15, 0.2) is 30.3 Å². The number of carbonyl (C=O) groups excluding carboxylic acids is 1. The Kier molecular flexibility index (Phi) is 4.40. The standard InChI is InChI=1S/C14H16N2O3S/c15-8-13(12-4-2-1-3-5-12)14(17)16-9-11-6-7-20(18,19)10-11/h1-5,11,13H,6-7,9-10H2,(H,16,17). The van der Waals surface area contributed by atoms with Crippen molar-refractivity contribution in [3.05, 3.63) is 35.9 Å². The fourth-order valence-electron chi connectivity index (χ4n) is 2.31. The molecule has 1 fully saturated rings. The molecule has 0 aliphatic carbocycles. The van der Waals surface area contributed by atoms with Crippen molar-refractivity contribution in [2.75, 3.05) is 18.1 Å². The third kappa shape index (κ3) is 3.58. The molecule has 1 N–H and O–H groups in total. The predicted molar refractivity (Wildman–Crippen MR) is 74.6 cm³/mol. The Hall–Kier alpha value is -1.87. The number of nitrogens with zero attached hydrogens (tertiary/aromatic N) is 1. The maximum atomic E-state index is 12.0. The van der Waals surface area contributed by atoms with Gasteiger partial charge in [-0.3, -0.25) is 4.79 Å². The third-order valence-corrected chi connectivity index (χ3v) is 5.25. The van der Waals surface area contributed by atoms with Gasteiger partial charge in [0.25, 0.3) is 0 Å². The first-order valence-corrected chi connectivity index (χ1v) is 8.26. The Morgan fingerprint density at radius 2 is 2.10 bits per heavy atom. The van der Waals surface area contributed by atoms with Crippen molar-refractivity contribution >= 4 is 15.7 Å². The van der Waals surface area contributed by atoms with E-state index in [2.05, 4.69) is 5.32 Å². The van der Waals surface area contributed by atoms with Crippen LogP contribution in [-0.4, -0.2) is 32.4 Å².